The summed E-state index contributed by atoms with van der Waals surface area (Å²) < 4.78 is 10.7. The molecule has 5 heteroatoms. The summed E-state index contributed by atoms with van der Waals surface area (Å²) in [5.41, 5.74) is -0.845. The Bertz CT molecular complexity index is 346. The Morgan fingerprint density at radius 2 is 2.05 bits per heavy atom. The van der Waals surface area contributed by atoms with Gasteiger partial charge in [0.2, 0.25) is 0 Å². The number of ether oxygens (including phenoxy) is 2. The third-order valence-corrected chi connectivity index (χ3v) is 2.80. The molecule has 0 fully saturated rings. The fourth-order valence-electron chi connectivity index (χ4n) is 1.90. The van der Waals surface area contributed by atoms with E-state index >= 15 is 0 Å². The van der Waals surface area contributed by atoms with Gasteiger partial charge in [0.05, 0.1) is 11.8 Å². The van der Waals surface area contributed by atoms with Gasteiger partial charge in [-0.1, -0.05) is 0 Å². The van der Waals surface area contributed by atoms with Gasteiger partial charge in [-0.15, -0.1) is 0 Å². The van der Waals surface area contributed by atoms with Crippen molar-refractivity contribution in [1.29, 1.82) is 0 Å². The molecule has 1 heterocycles. The number of alkyl carbamates (subject to hydrolysis) is 1. The summed E-state index contributed by atoms with van der Waals surface area (Å²) in [5.74, 6) is 0. The van der Waals surface area contributed by atoms with Gasteiger partial charge in [0.1, 0.15) is 11.7 Å². The zero-order valence-electron chi connectivity index (χ0n) is 13.3. The van der Waals surface area contributed by atoms with Crippen LogP contribution in [0.2, 0.25) is 0 Å². The van der Waals surface area contributed by atoms with Crippen LogP contribution in [0, 0.1) is 0 Å². The minimum Gasteiger partial charge on any atom is -0.497 e. The average molecular weight is 284 g/mol. The van der Waals surface area contributed by atoms with Gasteiger partial charge in [0, 0.05) is 13.1 Å². The van der Waals surface area contributed by atoms with Gasteiger partial charge in [0.25, 0.3) is 0 Å². The first kappa shape index (κ1) is 16.8. The first-order valence-electron chi connectivity index (χ1n) is 7.20. The molecular formula is C15H28N2O3. The summed E-state index contributed by atoms with van der Waals surface area (Å²) in [4.78, 5) is 11.7. The maximum atomic E-state index is 11.7. The van der Waals surface area contributed by atoms with Crippen LogP contribution in [0.5, 0.6) is 0 Å². The van der Waals surface area contributed by atoms with Crippen LogP contribution in [0.3, 0.4) is 0 Å². The van der Waals surface area contributed by atoms with Crippen LogP contribution in [0.15, 0.2) is 12.3 Å². The topological polar surface area (TPSA) is 59.6 Å². The van der Waals surface area contributed by atoms with Crippen LogP contribution >= 0.6 is 0 Å². The molecule has 1 rings (SSSR count). The molecule has 1 aliphatic rings. The number of carbonyl (C=O) groups excluding carboxylic acids is 1. The summed E-state index contributed by atoms with van der Waals surface area (Å²) in [5, 5.41) is 6.21. The fraction of sp³-hybridized carbons (Fsp3) is 0.800. The van der Waals surface area contributed by atoms with Crippen molar-refractivity contribution in [2.75, 3.05) is 13.1 Å². The van der Waals surface area contributed by atoms with E-state index in [4.69, 9.17) is 9.47 Å². The average Bonchev–Trinajstić information content (AvgIpc) is 2.26. The molecule has 0 bridgehead atoms. The maximum Gasteiger partial charge on any atom is 0.408 e. The molecule has 1 atom stereocenters. The second-order valence-electron chi connectivity index (χ2n) is 6.85. The second kappa shape index (κ2) is 6.97. The summed E-state index contributed by atoms with van der Waals surface area (Å²) in [7, 11) is 0. The van der Waals surface area contributed by atoms with Gasteiger partial charge in [-0.05, 0) is 53.5 Å². The van der Waals surface area contributed by atoms with Crippen molar-refractivity contribution >= 4 is 6.09 Å². The number of hydrogen-bond acceptors (Lipinski definition) is 4. The molecule has 116 valence electrons. The molecule has 0 saturated heterocycles. The van der Waals surface area contributed by atoms with E-state index < -0.39 is 5.60 Å². The molecule has 0 radical (unpaired) electrons. The van der Waals surface area contributed by atoms with E-state index in [2.05, 4.69) is 10.6 Å². The SMILES string of the molecule is CC(C)(CNCC1CCC=CO1)NC(=O)OC(C)(C)C. The summed E-state index contributed by atoms with van der Waals surface area (Å²) in [6.45, 7) is 10.9. The number of amides is 1. The normalized spacial score (nSPS) is 19.4. The highest BCUT2D eigenvalue weighted by molar-refractivity contribution is 5.68. The third-order valence-electron chi connectivity index (χ3n) is 2.80. The lowest BCUT2D eigenvalue weighted by Gasteiger charge is -2.29. The van der Waals surface area contributed by atoms with Crippen LogP contribution in [-0.2, 0) is 9.47 Å². The Kier molecular flexibility index (Phi) is 5.87. The summed E-state index contributed by atoms with van der Waals surface area (Å²) in [6, 6.07) is 0. The van der Waals surface area contributed by atoms with Crippen molar-refractivity contribution in [3.05, 3.63) is 12.3 Å². The van der Waals surface area contributed by atoms with Crippen molar-refractivity contribution < 1.29 is 14.3 Å². The van der Waals surface area contributed by atoms with Crippen LogP contribution in [0.4, 0.5) is 4.79 Å². The molecule has 0 aromatic carbocycles. The highest BCUT2D eigenvalue weighted by atomic mass is 16.6. The smallest absolute Gasteiger partial charge is 0.408 e. The zero-order valence-corrected chi connectivity index (χ0v) is 13.3. The summed E-state index contributed by atoms with van der Waals surface area (Å²) in [6.07, 6.45) is 5.72. The standard InChI is InChI=1S/C15H28N2O3/c1-14(2,3)20-13(18)17-15(4,5)11-16-10-12-8-6-7-9-19-12/h7,9,12,16H,6,8,10-11H2,1-5H3,(H,17,18). The van der Waals surface area contributed by atoms with E-state index in [1.54, 1.807) is 6.26 Å². The number of carbonyl (C=O) groups is 1. The first-order valence-corrected chi connectivity index (χ1v) is 7.20. The lowest BCUT2D eigenvalue weighted by molar-refractivity contribution is 0.0469. The molecule has 2 N–H and O–H groups in total. The molecule has 5 nitrogen and oxygen atoms in total. The largest absolute Gasteiger partial charge is 0.497 e. The molecule has 0 saturated carbocycles. The number of hydrogen-bond donors (Lipinski definition) is 2. The number of rotatable bonds is 5. The van der Waals surface area contributed by atoms with Gasteiger partial charge >= 0.3 is 6.09 Å². The predicted molar refractivity (Wildman–Crippen MR) is 79.6 cm³/mol. The number of allylic oxidation sites excluding steroid dienone is 1. The summed E-state index contributed by atoms with van der Waals surface area (Å²) >= 11 is 0. The monoisotopic (exact) mass is 284 g/mol. The Balaban J connectivity index is 2.26. The Hall–Kier alpha value is -1.23. The Labute approximate surface area is 122 Å². The van der Waals surface area contributed by atoms with Crippen molar-refractivity contribution in [3.63, 3.8) is 0 Å². The Morgan fingerprint density at radius 3 is 2.60 bits per heavy atom. The fourth-order valence-corrected chi connectivity index (χ4v) is 1.90. The zero-order chi connectivity index (χ0) is 15.2. The van der Waals surface area contributed by atoms with Crippen LogP contribution in [-0.4, -0.2) is 36.4 Å². The minimum atomic E-state index is -0.476. The van der Waals surface area contributed by atoms with Crippen molar-refractivity contribution in [2.24, 2.45) is 0 Å². The quantitative estimate of drug-likeness (QED) is 0.814. The molecule has 1 unspecified atom stereocenters. The molecular weight excluding hydrogens is 256 g/mol. The molecule has 1 aliphatic heterocycles. The van der Waals surface area contributed by atoms with Gasteiger partial charge < -0.3 is 20.1 Å². The molecule has 0 spiro atoms. The van der Waals surface area contributed by atoms with Crippen LogP contribution < -0.4 is 10.6 Å². The highest BCUT2D eigenvalue weighted by Crippen LogP contribution is 2.11. The van der Waals surface area contributed by atoms with Crippen LogP contribution in [0.1, 0.15) is 47.5 Å². The lowest BCUT2D eigenvalue weighted by Crippen LogP contribution is -2.52. The molecule has 20 heavy (non-hydrogen) atoms. The van der Waals surface area contributed by atoms with E-state index in [1.165, 1.54) is 0 Å². The van der Waals surface area contributed by atoms with E-state index in [0.717, 1.165) is 19.4 Å². The molecule has 0 aliphatic carbocycles. The van der Waals surface area contributed by atoms with Crippen molar-refractivity contribution in [3.8, 4) is 0 Å². The van der Waals surface area contributed by atoms with E-state index in [-0.39, 0.29) is 17.7 Å². The van der Waals surface area contributed by atoms with E-state index in [0.29, 0.717) is 6.54 Å². The van der Waals surface area contributed by atoms with Gasteiger partial charge in [0.15, 0.2) is 0 Å². The maximum absolute atomic E-state index is 11.7. The van der Waals surface area contributed by atoms with Gasteiger partial charge in [-0.2, -0.15) is 0 Å². The van der Waals surface area contributed by atoms with E-state index in [9.17, 15) is 4.79 Å². The molecule has 1 amide bonds. The Morgan fingerprint density at radius 1 is 1.35 bits per heavy atom. The first-order chi connectivity index (χ1) is 9.18. The molecule has 0 aromatic rings. The van der Waals surface area contributed by atoms with Crippen molar-refractivity contribution in [1.82, 2.24) is 10.6 Å². The predicted octanol–water partition coefficient (Wildman–Crippen LogP) is 2.57. The van der Waals surface area contributed by atoms with Crippen LogP contribution in [0.25, 0.3) is 0 Å². The lowest BCUT2D eigenvalue weighted by atomic mass is 10.1. The second-order valence-corrected chi connectivity index (χ2v) is 6.85. The van der Waals surface area contributed by atoms with Crippen molar-refractivity contribution in [2.45, 2.75) is 64.7 Å². The molecule has 0 aromatic heterocycles. The number of nitrogens with one attached hydrogen (secondary N) is 2. The van der Waals surface area contributed by atoms with Gasteiger partial charge in [-0.25, -0.2) is 4.79 Å². The third kappa shape index (κ3) is 7.38. The van der Waals surface area contributed by atoms with E-state index in [1.807, 2.05) is 40.7 Å². The van der Waals surface area contributed by atoms with Gasteiger partial charge in [-0.3, -0.25) is 0 Å². The minimum absolute atomic E-state index is 0.220. The highest BCUT2D eigenvalue weighted by Gasteiger charge is 2.24.